The predicted octanol–water partition coefficient (Wildman–Crippen LogP) is 3.25. The molecule has 2 N–H and O–H groups in total. The average Bonchev–Trinajstić information content (AvgIpc) is 2.55. The molecule has 124 valence electrons. The summed E-state index contributed by atoms with van der Waals surface area (Å²) in [6, 6.07) is 11.5. The first-order valence-electron chi connectivity index (χ1n) is 7.17. The van der Waals surface area contributed by atoms with Crippen LogP contribution in [0.1, 0.15) is 16.7 Å². The number of aliphatic hydroxyl groups is 1. The van der Waals surface area contributed by atoms with Gasteiger partial charge in [-0.05, 0) is 35.4 Å². The first kappa shape index (κ1) is 17.3. The predicted molar refractivity (Wildman–Crippen MR) is 80.8 cm³/mol. The van der Waals surface area contributed by atoms with Crippen LogP contribution in [0.15, 0.2) is 42.5 Å². The molecule has 23 heavy (non-hydrogen) atoms. The van der Waals surface area contributed by atoms with Crippen LogP contribution in [0.4, 0.5) is 13.2 Å². The molecule has 0 bridgehead atoms. The highest BCUT2D eigenvalue weighted by atomic mass is 19.3. The lowest BCUT2D eigenvalue weighted by molar-refractivity contribution is 0.0819. The number of hydrogen-bond acceptors (Lipinski definition) is 3. The second-order valence-electron chi connectivity index (χ2n) is 5.03. The van der Waals surface area contributed by atoms with Gasteiger partial charge in [0.15, 0.2) is 0 Å². The molecule has 0 heterocycles. The molecule has 2 aromatic carbocycles. The summed E-state index contributed by atoms with van der Waals surface area (Å²) < 4.78 is 42.2. The fourth-order valence-corrected chi connectivity index (χ4v) is 2.07. The zero-order valence-electron chi connectivity index (χ0n) is 12.4. The Hall–Kier alpha value is -2.05. The van der Waals surface area contributed by atoms with Gasteiger partial charge in [0.2, 0.25) is 0 Å². The number of ether oxygens (including phenoxy) is 1. The van der Waals surface area contributed by atoms with Crippen molar-refractivity contribution in [1.29, 1.82) is 0 Å². The van der Waals surface area contributed by atoms with E-state index < -0.39 is 18.8 Å². The van der Waals surface area contributed by atoms with E-state index in [4.69, 9.17) is 9.84 Å². The molecule has 3 nitrogen and oxygen atoms in total. The van der Waals surface area contributed by atoms with Gasteiger partial charge in [-0.25, -0.2) is 13.2 Å². The second kappa shape index (κ2) is 8.55. The molecule has 0 unspecified atom stereocenters. The summed E-state index contributed by atoms with van der Waals surface area (Å²) in [4.78, 5) is 0. The quantitative estimate of drug-likeness (QED) is 0.783. The minimum absolute atomic E-state index is 0.268. The van der Waals surface area contributed by atoms with Gasteiger partial charge in [-0.2, -0.15) is 0 Å². The zero-order valence-corrected chi connectivity index (χ0v) is 12.4. The van der Waals surface area contributed by atoms with Crippen molar-refractivity contribution in [2.24, 2.45) is 0 Å². The number of rotatable bonds is 8. The Morgan fingerprint density at radius 2 is 1.65 bits per heavy atom. The molecule has 0 radical (unpaired) electrons. The summed E-state index contributed by atoms with van der Waals surface area (Å²) in [7, 11) is 0. The normalized spacial score (nSPS) is 11.0. The summed E-state index contributed by atoms with van der Waals surface area (Å²) in [5.41, 5.74) is 2.11. The van der Waals surface area contributed by atoms with Crippen LogP contribution < -0.4 is 10.1 Å². The summed E-state index contributed by atoms with van der Waals surface area (Å²) in [5.74, 6) is -0.0178. The maximum absolute atomic E-state index is 13.3. The lowest BCUT2D eigenvalue weighted by atomic mass is 10.1. The molecule has 2 rings (SSSR count). The van der Waals surface area contributed by atoms with Gasteiger partial charge in [-0.15, -0.1) is 0 Å². The maximum atomic E-state index is 13.3. The van der Waals surface area contributed by atoms with Gasteiger partial charge >= 0.3 is 0 Å². The van der Waals surface area contributed by atoms with Crippen LogP contribution >= 0.6 is 0 Å². The highest BCUT2D eigenvalue weighted by Crippen LogP contribution is 2.14. The van der Waals surface area contributed by atoms with Crippen molar-refractivity contribution in [3.63, 3.8) is 0 Å². The lowest BCUT2D eigenvalue weighted by Crippen LogP contribution is -2.13. The Kier molecular flexibility index (Phi) is 6.43. The fourth-order valence-electron chi connectivity index (χ4n) is 2.07. The third kappa shape index (κ3) is 5.58. The number of aliphatic hydroxyl groups excluding tert-OH is 1. The molecule has 2 aromatic rings. The number of halogens is 3. The maximum Gasteiger partial charge on any atom is 0.272 e. The second-order valence-corrected chi connectivity index (χ2v) is 5.03. The topological polar surface area (TPSA) is 41.5 Å². The zero-order chi connectivity index (χ0) is 16.7. The van der Waals surface area contributed by atoms with E-state index in [1.54, 1.807) is 36.4 Å². The SMILES string of the molecule is OCc1cc(CNCc2ccc(OCC(F)F)cc2)ccc1F. The minimum Gasteiger partial charge on any atom is -0.488 e. The van der Waals surface area contributed by atoms with Gasteiger partial charge < -0.3 is 15.2 Å². The molecule has 0 aromatic heterocycles. The van der Waals surface area contributed by atoms with Crippen molar-refractivity contribution < 1.29 is 23.0 Å². The van der Waals surface area contributed by atoms with Crippen molar-refractivity contribution >= 4 is 0 Å². The Balaban J connectivity index is 1.82. The van der Waals surface area contributed by atoms with E-state index in [-0.39, 0.29) is 12.2 Å². The standard InChI is InChI=1S/C17H18F3NO2/c18-16-6-3-13(7-14(16)10-22)9-21-8-12-1-4-15(5-2-12)23-11-17(19)20/h1-7,17,21-22H,8-11H2. The third-order valence-corrected chi connectivity index (χ3v) is 3.24. The third-order valence-electron chi connectivity index (χ3n) is 3.24. The van der Waals surface area contributed by atoms with Gasteiger partial charge in [0, 0.05) is 18.7 Å². The molecule has 0 saturated carbocycles. The van der Waals surface area contributed by atoms with E-state index in [2.05, 4.69) is 5.32 Å². The largest absolute Gasteiger partial charge is 0.488 e. The van der Waals surface area contributed by atoms with Gasteiger partial charge in [0.1, 0.15) is 18.2 Å². The van der Waals surface area contributed by atoms with Crippen molar-refractivity contribution in [2.45, 2.75) is 26.1 Å². The molecule has 0 aliphatic heterocycles. The molecule has 0 aliphatic rings. The first-order chi connectivity index (χ1) is 11.1. The van der Waals surface area contributed by atoms with Gasteiger partial charge in [-0.3, -0.25) is 0 Å². The van der Waals surface area contributed by atoms with Crippen molar-refractivity contribution in [2.75, 3.05) is 6.61 Å². The van der Waals surface area contributed by atoms with E-state index in [9.17, 15) is 13.2 Å². The van der Waals surface area contributed by atoms with Crippen LogP contribution in [0.3, 0.4) is 0 Å². The highest BCUT2D eigenvalue weighted by molar-refractivity contribution is 5.28. The monoisotopic (exact) mass is 325 g/mol. The van der Waals surface area contributed by atoms with E-state index >= 15 is 0 Å². The Labute approximate surface area is 132 Å². The van der Waals surface area contributed by atoms with Gasteiger partial charge in [-0.1, -0.05) is 18.2 Å². The van der Waals surface area contributed by atoms with E-state index in [0.29, 0.717) is 18.8 Å². The Bertz CT molecular complexity index is 618. The number of hydrogen-bond donors (Lipinski definition) is 2. The van der Waals surface area contributed by atoms with Gasteiger partial charge in [0.25, 0.3) is 6.43 Å². The van der Waals surface area contributed by atoms with E-state index in [1.165, 1.54) is 6.07 Å². The summed E-state index contributed by atoms with van der Waals surface area (Å²) in [5, 5.41) is 12.2. The minimum atomic E-state index is -2.49. The molecule has 0 spiro atoms. The van der Waals surface area contributed by atoms with Crippen LogP contribution in [0.2, 0.25) is 0 Å². The van der Waals surface area contributed by atoms with Crippen molar-refractivity contribution in [1.82, 2.24) is 5.32 Å². The molecule has 6 heteroatoms. The molecule has 0 aliphatic carbocycles. The molecule has 0 saturated heterocycles. The molecule has 0 fully saturated rings. The van der Waals surface area contributed by atoms with Crippen LogP contribution in [0, 0.1) is 5.82 Å². The molecule has 0 atom stereocenters. The lowest BCUT2D eigenvalue weighted by Gasteiger charge is -2.09. The van der Waals surface area contributed by atoms with Crippen LogP contribution in [-0.2, 0) is 19.7 Å². The molecular formula is C17H18F3NO2. The number of alkyl halides is 2. The Morgan fingerprint density at radius 1 is 1.00 bits per heavy atom. The average molecular weight is 325 g/mol. The van der Waals surface area contributed by atoms with Crippen LogP contribution in [0.25, 0.3) is 0 Å². The fraction of sp³-hybridized carbons (Fsp3) is 0.294. The smallest absolute Gasteiger partial charge is 0.272 e. The summed E-state index contributed by atoms with van der Waals surface area (Å²) >= 11 is 0. The van der Waals surface area contributed by atoms with Crippen LogP contribution in [-0.4, -0.2) is 18.1 Å². The van der Waals surface area contributed by atoms with Crippen LogP contribution in [0.5, 0.6) is 5.75 Å². The van der Waals surface area contributed by atoms with Gasteiger partial charge in [0.05, 0.1) is 6.61 Å². The van der Waals surface area contributed by atoms with Crippen molar-refractivity contribution in [3.05, 3.63) is 65.0 Å². The van der Waals surface area contributed by atoms with E-state index in [1.807, 2.05) is 0 Å². The Morgan fingerprint density at radius 3 is 2.30 bits per heavy atom. The molecular weight excluding hydrogens is 307 g/mol. The molecule has 0 amide bonds. The van der Waals surface area contributed by atoms with Crippen molar-refractivity contribution in [3.8, 4) is 5.75 Å². The van der Waals surface area contributed by atoms with E-state index in [0.717, 1.165) is 11.1 Å². The highest BCUT2D eigenvalue weighted by Gasteiger charge is 2.04. The summed E-state index contributed by atoms with van der Waals surface area (Å²) in [6.07, 6.45) is -2.49. The number of nitrogens with one attached hydrogen (secondary N) is 1. The number of benzene rings is 2. The first-order valence-corrected chi connectivity index (χ1v) is 7.17. The summed E-state index contributed by atoms with van der Waals surface area (Å²) in [6.45, 7) is 0.146.